The van der Waals surface area contributed by atoms with Crippen LogP contribution in [-0.4, -0.2) is 21.3 Å². The Morgan fingerprint density at radius 1 is 1.54 bits per heavy atom. The van der Waals surface area contributed by atoms with Crippen molar-refractivity contribution in [2.75, 3.05) is 0 Å². The van der Waals surface area contributed by atoms with Crippen LogP contribution in [0.25, 0.3) is 0 Å². The molecule has 1 aliphatic carbocycles. The normalized spacial score (nSPS) is 20.2. The summed E-state index contributed by atoms with van der Waals surface area (Å²) in [4.78, 5) is 21.7. The maximum absolute atomic E-state index is 11.2. The van der Waals surface area contributed by atoms with E-state index in [4.69, 9.17) is 5.11 Å². The number of nitrogens with one attached hydrogen (secondary N) is 2. The van der Waals surface area contributed by atoms with Crippen molar-refractivity contribution >= 4 is 5.97 Å². The average molecular weight is 182 g/mol. The molecule has 0 radical (unpaired) electrons. The van der Waals surface area contributed by atoms with Crippen LogP contribution in [0.5, 0.6) is 0 Å². The van der Waals surface area contributed by atoms with Crippen LogP contribution >= 0.6 is 0 Å². The van der Waals surface area contributed by atoms with Crippen molar-refractivity contribution in [2.45, 2.75) is 25.2 Å². The number of H-pyrrole nitrogens is 2. The number of hydrogen-bond donors (Lipinski definition) is 3. The summed E-state index contributed by atoms with van der Waals surface area (Å²) < 4.78 is 0. The Morgan fingerprint density at radius 3 is 3.00 bits per heavy atom. The van der Waals surface area contributed by atoms with Crippen LogP contribution in [0.1, 0.15) is 30.0 Å². The quantitative estimate of drug-likeness (QED) is 0.611. The highest BCUT2D eigenvalue weighted by Crippen LogP contribution is 2.31. The predicted octanol–water partition coefficient (Wildman–Crippen LogP) is 0.208. The maximum Gasteiger partial charge on any atom is 0.303 e. The van der Waals surface area contributed by atoms with Gasteiger partial charge in [-0.15, -0.1) is 0 Å². The number of rotatable bonds is 2. The van der Waals surface area contributed by atoms with Crippen LogP contribution in [0.15, 0.2) is 4.79 Å². The molecule has 1 aliphatic rings. The van der Waals surface area contributed by atoms with E-state index >= 15 is 0 Å². The van der Waals surface area contributed by atoms with Crippen LogP contribution < -0.4 is 5.56 Å². The topological polar surface area (TPSA) is 85.9 Å². The van der Waals surface area contributed by atoms with Crippen LogP contribution in [0, 0.1) is 0 Å². The van der Waals surface area contributed by atoms with E-state index in [1.54, 1.807) is 0 Å². The lowest BCUT2D eigenvalue weighted by Crippen LogP contribution is -2.12. The Balaban J connectivity index is 2.31. The molecular weight excluding hydrogens is 172 g/mol. The number of aliphatic carboxylic acids is 1. The molecule has 3 N–H and O–H groups in total. The van der Waals surface area contributed by atoms with Crippen molar-refractivity contribution < 1.29 is 9.90 Å². The van der Waals surface area contributed by atoms with Crippen molar-refractivity contribution in [3.8, 4) is 0 Å². The lowest BCUT2D eigenvalue weighted by molar-refractivity contribution is -0.137. The lowest BCUT2D eigenvalue weighted by atomic mass is 10.0. The van der Waals surface area contributed by atoms with E-state index in [-0.39, 0.29) is 17.9 Å². The van der Waals surface area contributed by atoms with E-state index in [0.717, 1.165) is 18.5 Å². The Hall–Kier alpha value is -1.52. The molecule has 1 heterocycles. The molecule has 5 heteroatoms. The Kier molecular flexibility index (Phi) is 1.72. The molecule has 0 bridgehead atoms. The summed E-state index contributed by atoms with van der Waals surface area (Å²) in [7, 11) is 0. The van der Waals surface area contributed by atoms with E-state index in [9.17, 15) is 9.59 Å². The molecule has 0 spiro atoms. The van der Waals surface area contributed by atoms with Crippen LogP contribution in [0.3, 0.4) is 0 Å². The number of aromatic nitrogens is 2. The van der Waals surface area contributed by atoms with Gasteiger partial charge in [0.05, 0.1) is 6.42 Å². The number of carboxylic acid groups (broad SMARTS) is 1. The maximum atomic E-state index is 11.2. The molecule has 2 rings (SSSR count). The zero-order valence-corrected chi connectivity index (χ0v) is 6.96. The van der Waals surface area contributed by atoms with Crippen LogP contribution in [0.4, 0.5) is 0 Å². The van der Waals surface area contributed by atoms with Gasteiger partial charge in [-0.3, -0.25) is 14.7 Å². The van der Waals surface area contributed by atoms with Gasteiger partial charge in [0.15, 0.2) is 0 Å². The van der Waals surface area contributed by atoms with Gasteiger partial charge < -0.3 is 10.2 Å². The first-order chi connectivity index (χ1) is 6.18. The molecule has 1 aromatic heterocycles. The number of carbonyl (C=O) groups is 1. The van der Waals surface area contributed by atoms with Crippen molar-refractivity contribution in [3.63, 3.8) is 0 Å². The van der Waals surface area contributed by atoms with Gasteiger partial charge in [-0.2, -0.15) is 0 Å². The summed E-state index contributed by atoms with van der Waals surface area (Å²) in [6, 6.07) is 0. The van der Waals surface area contributed by atoms with Gasteiger partial charge in [0, 0.05) is 17.2 Å². The summed E-state index contributed by atoms with van der Waals surface area (Å²) in [5.41, 5.74) is 1.34. The van der Waals surface area contributed by atoms with Gasteiger partial charge in [-0.05, 0) is 12.8 Å². The standard InChI is InChI=1S/C8H10N2O3/c11-6(12)3-4-1-2-5-7(4)8(13)10-9-5/h4H,1-3H2,(H,11,12)(H2,9,10,13). The van der Waals surface area contributed by atoms with Gasteiger partial charge in [-0.25, -0.2) is 0 Å². The van der Waals surface area contributed by atoms with Gasteiger partial charge in [-0.1, -0.05) is 0 Å². The lowest BCUT2D eigenvalue weighted by Gasteiger charge is -2.03. The molecule has 70 valence electrons. The third-order valence-corrected chi connectivity index (χ3v) is 2.47. The Labute approximate surface area is 73.8 Å². The molecule has 1 atom stereocenters. The number of aromatic amines is 2. The molecule has 5 nitrogen and oxygen atoms in total. The number of fused-ring (bicyclic) bond motifs is 1. The summed E-state index contributed by atoms with van der Waals surface area (Å²) >= 11 is 0. The third-order valence-electron chi connectivity index (χ3n) is 2.47. The van der Waals surface area contributed by atoms with Gasteiger partial charge in [0.2, 0.25) is 0 Å². The molecule has 0 saturated heterocycles. The second-order valence-corrected chi connectivity index (χ2v) is 3.30. The number of aryl methyl sites for hydroxylation is 1. The molecular formula is C8H10N2O3. The predicted molar refractivity (Wildman–Crippen MR) is 44.7 cm³/mol. The second kappa shape index (κ2) is 2.76. The van der Waals surface area contributed by atoms with Crippen LogP contribution in [0.2, 0.25) is 0 Å². The van der Waals surface area contributed by atoms with E-state index in [1.807, 2.05) is 0 Å². The summed E-state index contributed by atoms with van der Waals surface area (Å²) in [5, 5.41) is 13.8. The molecule has 1 unspecified atom stereocenters. The number of hydrogen-bond acceptors (Lipinski definition) is 2. The summed E-state index contributed by atoms with van der Waals surface area (Å²) in [6.45, 7) is 0. The van der Waals surface area contributed by atoms with E-state index in [0.29, 0.717) is 5.56 Å². The highest BCUT2D eigenvalue weighted by Gasteiger charge is 2.28. The Morgan fingerprint density at radius 2 is 2.31 bits per heavy atom. The zero-order chi connectivity index (χ0) is 9.42. The fourth-order valence-electron chi connectivity index (χ4n) is 1.91. The second-order valence-electron chi connectivity index (χ2n) is 3.30. The number of carboxylic acids is 1. The summed E-state index contributed by atoms with van der Waals surface area (Å²) in [5.74, 6) is -0.957. The highest BCUT2D eigenvalue weighted by atomic mass is 16.4. The fraction of sp³-hybridized carbons (Fsp3) is 0.500. The van der Waals surface area contributed by atoms with Gasteiger partial charge in [0.1, 0.15) is 0 Å². The smallest absolute Gasteiger partial charge is 0.303 e. The minimum Gasteiger partial charge on any atom is -0.481 e. The minimum absolute atomic E-state index is 0.0495. The van der Waals surface area contributed by atoms with E-state index in [2.05, 4.69) is 10.2 Å². The molecule has 0 amide bonds. The first kappa shape index (κ1) is 8.10. The van der Waals surface area contributed by atoms with Crippen molar-refractivity contribution in [2.24, 2.45) is 0 Å². The van der Waals surface area contributed by atoms with E-state index in [1.165, 1.54) is 0 Å². The van der Waals surface area contributed by atoms with E-state index < -0.39 is 5.97 Å². The molecule has 0 fully saturated rings. The van der Waals surface area contributed by atoms with Crippen molar-refractivity contribution in [1.29, 1.82) is 0 Å². The highest BCUT2D eigenvalue weighted by molar-refractivity contribution is 5.68. The monoisotopic (exact) mass is 182 g/mol. The van der Waals surface area contributed by atoms with Gasteiger partial charge in [0.25, 0.3) is 5.56 Å². The average Bonchev–Trinajstić information content (AvgIpc) is 2.56. The zero-order valence-electron chi connectivity index (χ0n) is 6.96. The molecule has 0 aromatic carbocycles. The molecule has 1 aromatic rings. The summed E-state index contributed by atoms with van der Waals surface area (Å²) in [6.07, 6.45) is 1.58. The van der Waals surface area contributed by atoms with Gasteiger partial charge >= 0.3 is 5.97 Å². The third kappa shape index (κ3) is 1.26. The first-order valence-electron chi connectivity index (χ1n) is 4.19. The fourth-order valence-corrected chi connectivity index (χ4v) is 1.91. The largest absolute Gasteiger partial charge is 0.481 e. The molecule has 0 aliphatic heterocycles. The van der Waals surface area contributed by atoms with Crippen LogP contribution in [-0.2, 0) is 11.2 Å². The SMILES string of the molecule is O=C(O)CC1CCc2[nH][nH]c(=O)c21. The van der Waals surface area contributed by atoms with Crippen molar-refractivity contribution in [3.05, 3.63) is 21.6 Å². The van der Waals surface area contributed by atoms with Crippen molar-refractivity contribution in [1.82, 2.24) is 10.2 Å². The molecule has 13 heavy (non-hydrogen) atoms. The first-order valence-corrected chi connectivity index (χ1v) is 4.19. The molecule has 0 saturated carbocycles. The minimum atomic E-state index is -0.849. The Bertz CT molecular complexity index is 390.